The Morgan fingerprint density at radius 3 is 3.00 bits per heavy atom. The van der Waals surface area contributed by atoms with Crippen LogP contribution in [-0.4, -0.2) is 17.8 Å². The van der Waals surface area contributed by atoms with E-state index in [2.05, 4.69) is 12.2 Å². The van der Waals surface area contributed by atoms with Gasteiger partial charge in [-0.3, -0.25) is 0 Å². The molecule has 0 fully saturated rings. The van der Waals surface area contributed by atoms with Crippen LogP contribution in [-0.2, 0) is 6.54 Å². The first-order valence-electron chi connectivity index (χ1n) is 6.21. The van der Waals surface area contributed by atoms with Gasteiger partial charge in [0.2, 0.25) is 0 Å². The maximum atomic E-state index is 13.0. The van der Waals surface area contributed by atoms with E-state index in [-0.39, 0.29) is 12.4 Å². The minimum atomic E-state index is -0.251. The van der Waals surface area contributed by atoms with Gasteiger partial charge in [0.1, 0.15) is 17.2 Å². The number of benzene rings is 1. The van der Waals surface area contributed by atoms with Crippen molar-refractivity contribution < 1.29 is 13.9 Å². The Balaban J connectivity index is 1.95. The highest BCUT2D eigenvalue weighted by Crippen LogP contribution is 2.20. The summed E-state index contributed by atoms with van der Waals surface area (Å²) in [6, 6.07) is 6.68. The molecule has 0 spiro atoms. The third kappa shape index (κ3) is 3.31. The number of halogens is 1. The molecule has 0 radical (unpaired) electrons. The molecule has 98 valence electrons. The molecule has 0 aliphatic carbocycles. The summed E-state index contributed by atoms with van der Waals surface area (Å²) in [6.45, 7) is 2.90. The van der Waals surface area contributed by atoms with Gasteiger partial charge in [-0.25, -0.2) is 4.39 Å². The van der Waals surface area contributed by atoms with Crippen LogP contribution in [0.25, 0.3) is 11.0 Å². The highest BCUT2D eigenvalue weighted by Gasteiger charge is 2.06. The van der Waals surface area contributed by atoms with Crippen molar-refractivity contribution in [1.29, 1.82) is 0 Å². The third-order valence-electron chi connectivity index (χ3n) is 2.95. The SMILES string of the molecule is CC(CCCO)NCc1cc2cc(F)ccc2o1. The van der Waals surface area contributed by atoms with Gasteiger partial charge in [-0.1, -0.05) is 0 Å². The van der Waals surface area contributed by atoms with E-state index >= 15 is 0 Å². The molecular formula is C14H18FNO2. The molecule has 1 aromatic heterocycles. The molecule has 0 aliphatic heterocycles. The van der Waals surface area contributed by atoms with Gasteiger partial charge in [0.25, 0.3) is 0 Å². The van der Waals surface area contributed by atoms with Crippen molar-refractivity contribution >= 4 is 11.0 Å². The van der Waals surface area contributed by atoms with Gasteiger partial charge < -0.3 is 14.8 Å². The van der Waals surface area contributed by atoms with Crippen LogP contribution < -0.4 is 5.32 Å². The predicted octanol–water partition coefficient (Wildman–Crippen LogP) is 2.82. The zero-order valence-electron chi connectivity index (χ0n) is 10.4. The van der Waals surface area contributed by atoms with Crippen LogP contribution in [0.3, 0.4) is 0 Å². The fraction of sp³-hybridized carbons (Fsp3) is 0.429. The molecule has 2 N–H and O–H groups in total. The first kappa shape index (κ1) is 13.1. The molecule has 0 amide bonds. The third-order valence-corrected chi connectivity index (χ3v) is 2.95. The van der Waals surface area contributed by atoms with E-state index in [1.165, 1.54) is 12.1 Å². The summed E-state index contributed by atoms with van der Waals surface area (Å²) in [5.74, 6) is 0.547. The van der Waals surface area contributed by atoms with Gasteiger partial charge in [0, 0.05) is 18.0 Å². The molecular weight excluding hydrogens is 233 g/mol. The van der Waals surface area contributed by atoms with Gasteiger partial charge in [-0.05, 0) is 44.0 Å². The molecule has 1 aromatic carbocycles. The van der Waals surface area contributed by atoms with Gasteiger partial charge >= 0.3 is 0 Å². The number of fused-ring (bicyclic) bond motifs is 1. The number of hydrogen-bond acceptors (Lipinski definition) is 3. The van der Waals surface area contributed by atoms with Crippen molar-refractivity contribution in [2.75, 3.05) is 6.61 Å². The molecule has 2 aromatic rings. The number of nitrogens with one attached hydrogen (secondary N) is 1. The fourth-order valence-corrected chi connectivity index (χ4v) is 1.93. The molecule has 3 nitrogen and oxygen atoms in total. The lowest BCUT2D eigenvalue weighted by Crippen LogP contribution is -2.25. The van der Waals surface area contributed by atoms with Crippen LogP contribution in [0.4, 0.5) is 4.39 Å². The summed E-state index contributed by atoms with van der Waals surface area (Å²) in [5, 5.41) is 12.8. The van der Waals surface area contributed by atoms with Crippen molar-refractivity contribution in [3.8, 4) is 0 Å². The lowest BCUT2D eigenvalue weighted by Gasteiger charge is -2.11. The minimum absolute atomic E-state index is 0.218. The fourth-order valence-electron chi connectivity index (χ4n) is 1.93. The van der Waals surface area contributed by atoms with Crippen molar-refractivity contribution in [1.82, 2.24) is 5.32 Å². The Kier molecular flexibility index (Phi) is 4.33. The molecule has 0 bridgehead atoms. The Morgan fingerprint density at radius 2 is 2.22 bits per heavy atom. The van der Waals surface area contributed by atoms with Crippen molar-refractivity contribution in [3.05, 3.63) is 35.8 Å². The molecule has 0 saturated heterocycles. The van der Waals surface area contributed by atoms with Crippen LogP contribution in [0, 0.1) is 5.82 Å². The second kappa shape index (κ2) is 5.98. The molecule has 0 saturated carbocycles. The van der Waals surface area contributed by atoms with Gasteiger partial charge in [-0.2, -0.15) is 0 Å². The van der Waals surface area contributed by atoms with Crippen LogP contribution in [0.2, 0.25) is 0 Å². The molecule has 18 heavy (non-hydrogen) atoms. The summed E-state index contributed by atoms with van der Waals surface area (Å²) < 4.78 is 18.6. The van der Waals surface area contributed by atoms with E-state index in [0.717, 1.165) is 24.0 Å². The zero-order chi connectivity index (χ0) is 13.0. The molecule has 0 aliphatic rings. The number of rotatable bonds is 6. The average Bonchev–Trinajstić information content (AvgIpc) is 2.75. The normalized spacial score (nSPS) is 13.1. The van der Waals surface area contributed by atoms with Crippen LogP contribution in [0.5, 0.6) is 0 Å². The molecule has 2 rings (SSSR count). The maximum absolute atomic E-state index is 13.0. The highest BCUT2D eigenvalue weighted by atomic mass is 19.1. The van der Waals surface area contributed by atoms with E-state index in [4.69, 9.17) is 9.52 Å². The Bertz CT molecular complexity index is 509. The zero-order valence-corrected chi connectivity index (χ0v) is 10.4. The van der Waals surface area contributed by atoms with E-state index < -0.39 is 0 Å². The van der Waals surface area contributed by atoms with Crippen LogP contribution in [0.15, 0.2) is 28.7 Å². The quantitative estimate of drug-likeness (QED) is 0.829. The van der Waals surface area contributed by atoms with E-state index in [1.807, 2.05) is 6.07 Å². The minimum Gasteiger partial charge on any atom is -0.460 e. The lowest BCUT2D eigenvalue weighted by molar-refractivity contribution is 0.276. The number of hydrogen-bond donors (Lipinski definition) is 2. The van der Waals surface area contributed by atoms with Crippen molar-refractivity contribution in [2.45, 2.75) is 32.4 Å². The van der Waals surface area contributed by atoms with E-state index in [0.29, 0.717) is 18.2 Å². The Labute approximate surface area is 106 Å². The molecule has 1 atom stereocenters. The molecule has 4 heteroatoms. The summed E-state index contributed by atoms with van der Waals surface area (Å²) >= 11 is 0. The second-order valence-electron chi connectivity index (χ2n) is 4.54. The Morgan fingerprint density at radius 1 is 1.39 bits per heavy atom. The summed E-state index contributed by atoms with van der Waals surface area (Å²) in [6.07, 6.45) is 1.71. The standard InChI is InChI=1S/C14H18FNO2/c1-10(3-2-6-17)16-9-13-8-11-7-12(15)4-5-14(11)18-13/h4-5,7-8,10,16-17H,2-3,6,9H2,1H3. The summed E-state index contributed by atoms with van der Waals surface area (Å²) in [4.78, 5) is 0. The maximum Gasteiger partial charge on any atom is 0.134 e. The number of aliphatic hydroxyl groups is 1. The van der Waals surface area contributed by atoms with Gasteiger partial charge in [0.15, 0.2) is 0 Å². The largest absolute Gasteiger partial charge is 0.460 e. The van der Waals surface area contributed by atoms with Crippen molar-refractivity contribution in [3.63, 3.8) is 0 Å². The summed E-state index contributed by atoms with van der Waals surface area (Å²) in [7, 11) is 0. The van der Waals surface area contributed by atoms with Gasteiger partial charge in [-0.15, -0.1) is 0 Å². The van der Waals surface area contributed by atoms with Crippen molar-refractivity contribution in [2.24, 2.45) is 0 Å². The lowest BCUT2D eigenvalue weighted by atomic mass is 10.2. The average molecular weight is 251 g/mol. The Hall–Kier alpha value is -1.39. The first-order valence-corrected chi connectivity index (χ1v) is 6.21. The molecule has 1 heterocycles. The van der Waals surface area contributed by atoms with Crippen LogP contribution in [0.1, 0.15) is 25.5 Å². The monoisotopic (exact) mass is 251 g/mol. The van der Waals surface area contributed by atoms with E-state index in [9.17, 15) is 4.39 Å². The topological polar surface area (TPSA) is 45.4 Å². The number of aliphatic hydroxyl groups excluding tert-OH is 1. The van der Waals surface area contributed by atoms with E-state index in [1.54, 1.807) is 6.07 Å². The first-order chi connectivity index (χ1) is 8.69. The predicted molar refractivity (Wildman–Crippen MR) is 68.8 cm³/mol. The van der Waals surface area contributed by atoms with Gasteiger partial charge in [0.05, 0.1) is 6.54 Å². The molecule has 1 unspecified atom stereocenters. The van der Waals surface area contributed by atoms with Crippen LogP contribution >= 0.6 is 0 Å². The number of furan rings is 1. The smallest absolute Gasteiger partial charge is 0.134 e. The summed E-state index contributed by atoms with van der Waals surface area (Å²) in [5.41, 5.74) is 0.705. The second-order valence-corrected chi connectivity index (χ2v) is 4.54. The highest BCUT2D eigenvalue weighted by molar-refractivity contribution is 5.77.